The average molecular weight is 366 g/mol. The highest BCUT2D eigenvalue weighted by Gasteiger charge is 2.24. The van der Waals surface area contributed by atoms with Crippen molar-refractivity contribution in [3.05, 3.63) is 53.6 Å². The van der Waals surface area contributed by atoms with Crippen LogP contribution >= 0.6 is 0 Å². The van der Waals surface area contributed by atoms with Gasteiger partial charge in [0, 0.05) is 37.4 Å². The highest BCUT2D eigenvalue weighted by molar-refractivity contribution is 5.95. The van der Waals surface area contributed by atoms with Crippen molar-refractivity contribution in [1.82, 2.24) is 4.90 Å². The van der Waals surface area contributed by atoms with Crippen LogP contribution in [0.15, 0.2) is 42.5 Å². The second kappa shape index (κ2) is 6.80. The van der Waals surface area contributed by atoms with Crippen molar-refractivity contribution in [1.29, 1.82) is 0 Å². The molecule has 2 heterocycles. The van der Waals surface area contributed by atoms with Crippen LogP contribution < -0.4 is 14.4 Å². The second-order valence-corrected chi connectivity index (χ2v) is 8.14. The number of amides is 1. The Morgan fingerprint density at radius 3 is 2.22 bits per heavy atom. The highest BCUT2D eigenvalue weighted by atomic mass is 16.7. The Morgan fingerprint density at radius 2 is 1.56 bits per heavy atom. The zero-order valence-corrected chi connectivity index (χ0v) is 16.2. The summed E-state index contributed by atoms with van der Waals surface area (Å²) in [5.41, 5.74) is 3.37. The van der Waals surface area contributed by atoms with Crippen molar-refractivity contribution in [2.45, 2.75) is 26.2 Å². The van der Waals surface area contributed by atoms with Crippen LogP contribution in [-0.4, -0.2) is 43.8 Å². The molecule has 0 radical (unpaired) electrons. The van der Waals surface area contributed by atoms with Gasteiger partial charge in [0.05, 0.1) is 0 Å². The molecule has 2 aromatic rings. The zero-order valence-electron chi connectivity index (χ0n) is 16.2. The number of fused-ring (bicyclic) bond motifs is 1. The van der Waals surface area contributed by atoms with Crippen molar-refractivity contribution in [3.8, 4) is 11.5 Å². The molecule has 5 heteroatoms. The van der Waals surface area contributed by atoms with Gasteiger partial charge in [-0.15, -0.1) is 0 Å². The Kier molecular flexibility index (Phi) is 4.46. The van der Waals surface area contributed by atoms with Crippen LogP contribution in [0.25, 0.3) is 0 Å². The summed E-state index contributed by atoms with van der Waals surface area (Å²) in [6, 6.07) is 14.2. The number of carbonyl (C=O) groups excluding carboxylic acids is 1. The predicted octanol–water partition coefficient (Wildman–Crippen LogP) is 3.68. The van der Waals surface area contributed by atoms with Gasteiger partial charge < -0.3 is 19.3 Å². The van der Waals surface area contributed by atoms with Gasteiger partial charge in [-0.3, -0.25) is 4.79 Å². The number of anilines is 1. The van der Waals surface area contributed by atoms with Gasteiger partial charge >= 0.3 is 0 Å². The minimum Gasteiger partial charge on any atom is -0.454 e. The van der Waals surface area contributed by atoms with Crippen molar-refractivity contribution in [2.24, 2.45) is 0 Å². The predicted molar refractivity (Wildman–Crippen MR) is 106 cm³/mol. The van der Waals surface area contributed by atoms with E-state index in [4.69, 9.17) is 9.47 Å². The van der Waals surface area contributed by atoms with Crippen LogP contribution in [0.4, 0.5) is 5.69 Å². The van der Waals surface area contributed by atoms with E-state index < -0.39 is 0 Å². The summed E-state index contributed by atoms with van der Waals surface area (Å²) in [7, 11) is 0. The maximum absolute atomic E-state index is 12.8. The summed E-state index contributed by atoms with van der Waals surface area (Å²) in [6.07, 6.45) is 0. The minimum atomic E-state index is 0.0519. The standard InChI is InChI=1S/C22H26N2O3/c1-22(2,3)17-5-7-18(8-6-17)23-10-12-24(13-11-23)21(25)16-4-9-19-20(14-16)27-15-26-19/h4-9,14H,10-13,15H2,1-3H3. The van der Waals surface area contributed by atoms with Crippen LogP contribution in [0.3, 0.4) is 0 Å². The fourth-order valence-corrected chi connectivity index (χ4v) is 3.55. The molecule has 2 aliphatic heterocycles. The molecule has 0 unspecified atom stereocenters. The van der Waals surface area contributed by atoms with Crippen LogP contribution in [0.2, 0.25) is 0 Å². The molecule has 4 rings (SSSR count). The van der Waals surface area contributed by atoms with Gasteiger partial charge in [-0.2, -0.15) is 0 Å². The van der Waals surface area contributed by atoms with E-state index in [9.17, 15) is 4.79 Å². The number of ether oxygens (including phenoxy) is 2. The summed E-state index contributed by atoms with van der Waals surface area (Å²) < 4.78 is 10.7. The Labute approximate surface area is 160 Å². The largest absolute Gasteiger partial charge is 0.454 e. The molecule has 0 atom stereocenters. The molecule has 1 amide bonds. The molecule has 0 bridgehead atoms. The number of hydrogen-bond acceptors (Lipinski definition) is 4. The first-order valence-corrected chi connectivity index (χ1v) is 9.46. The van der Waals surface area contributed by atoms with E-state index >= 15 is 0 Å². The van der Waals surface area contributed by atoms with Crippen LogP contribution in [0.5, 0.6) is 11.5 Å². The zero-order chi connectivity index (χ0) is 19.0. The van der Waals surface area contributed by atoms with Crippen molar-refractivity contribution >= 4 is 11.6 Å². The fraction of sp³-hybridized carbons (Fsp3) is 0.409. The maximum Gasteiger partial charge on any atom is 0.254 e. The molecule has 0 N–H and O–H groups in total. The van der Waals surface area contributed by atoms with E-state index in [2.05, 4.69) is 49.9 Å². The topological polar surface area (TPSA) is 42.0 Å². The highest BCUT2D eigenvalue weighted by Crippen LogP contribution is 2.33. The molecule has 0 spiro atoms. The lowest BCUT2D eigenvalue weighted by atomic mass is 9.87. The molecule has 5 nitrogen and oxygen atoms in total. The third-order valence-electron chi connectivity index (χ3n) is 5.28. The van der Waals surface area contributed by atoms with Crippen molar-refractivity contribution in [3.63, 3.8) is 0 Å². The van der Waals surface area contributed by atoms with Gasteiger partial charge in [0.15, 0.2) is 11.5 Å². The van der Waals surface area contributed by atoms with E-state index in [1.54, 1.807) is 6.07 Å². The van der Waals surface area contributed by atoms with Crippen LogP contribution in [-0.2, 0) is 5.41 Å². The number of carbonyl (C=O) groups is 1. The molecule has 0 aliphatic carbocycles. The second-order valence-electron chi connectivity index (χ2n) is 8.14. The Bertz CT molecular complexity index is 832. The smallest absolute Gasteiger partial charge is 0.254 e. The lowest BCUT2D eigenvalue weighted by Crippen LogP contribution is -2.48. The Balaban J connectivity index is 1.39. The Hall–Kier alpha value is -2.69. The molecule has 2 aliphatic rings. The third-order valence-corrected chi connectivity index (χ3v) is 5.28. The molecule has 27 heavy (non-hydrogen) atoms. The molecular weight excluding hydrogens is 340 g/mol. The summed E-state index contributed by atoms with van der Waals surface area (Å²) in [5.74, 6) is 1.41. The lowest BCUT2D eigenvalue weighted by molar-refractivity contribution is 0.0746. The van der Waals surface area contributed by atoms with E-state index in [0.29, 0.717) is 30.2 Å². The quantitative estimate of drug-likeness (QED) is 0.813. The van der Waals surface area contributed by atoms with Crippen molar-refractivity contribution < 1.29 is 14.3 Å². The number of piperazine rings is 1. The number of rotatable bonds is 2. The first-order chi connectivity index (χ1) is 12.9. The van der Waals surface area contributed by atoms with Gasteiger partial charge in [-0.05, 0) is 41.3 Å². The maximum atomic E-state index is 12.8. The fourth-order valence-electron chi connectivity index (χ4n) is 3.55. The summed E-state index contributed by atoms with van der Waals surface area (Å²) >= 11 is 0. The number of benzene rings is 2. The van der Waals surface area contributed by atoms with Gasteiger partial charge in [0.25, 0.3) is 5.91 Å². The summed E-state index contributed by atoms with van der Waals surface area (Å²) in [6.45, 7) is 10.0. The Morgan fingerprint density at radius 1 is 0.889 bits per heavy atom. The number of hydrogen-bond donors (Lipinski definition) is 0. The lowest BCUT2D eigenvalue weighted by Gasteiger charge is -2.36. The molecule has 1 saturated heterocycles. The van der Waals surface area contributed by atoms with E-state index in [1.165, 1.54) is 11.3 Å². The molecular formula is C22H26N2O3. The van der Waals surface area contributed by atoms with E-state index in [-0.39, 0.29) is 18.1 Å². The third kappa shape index (κ3) is 3.59. The van der Waals surface area contributed by atoms with E-state index in [0.717, 1.165) is 13.1 Å². The normalized spacial score (nSPS) is 16.6. The van der Waals surface area contributed by atoms with Gasteiger partial charge in [0.2, 0.25) is 6.79 Å². The SMILES string of the molecule is CC(C)(C)c1ccc(N2CCN(C(=O)c3ccc4c(c3)OCO4)CC2)cc1. The molecule has 0 aromatic heterocycles. The van der Waals surface area contributed by atoms with Crippen LogP contribution in [0, 0.1) is 0 Å². The number of nitrogens with zero attached hydrogens (tertiary/aromatic N) is 2. The molecule has 142 valence electrons. The summed E-state index contributed by atoms with van der Waals surface area (Å²) in [4.78, 5) is 17.1. The average Bonchev–Trinajstić information content (AvgIpc) is 3.15. The van der Waals surface area contributed by atoms with Crippen LogP contribution in [0.1, 0.15) is 36.7 Å². The first kappa shape index (κ1) is 17.7. The van der Waals surface area contributed by atoms with Gasteiger partial charge in [-0.25, -0.2) is 0 Å². The molecule has 1 fully saturated rings. The molecule has 0 saturated carbocycles. The summed E-state index contributed by atoms with van der Waals surface area (Å²) in [5, 5.41) is 0. The first-order valence-electron chi connectivity index (χ1n) is 9.46. The molecule has 2 aromatic carbocycles. The van der Waals surface area contributed by atoms with E-state index in [1.807, 2.05) is 17.0 Å². The van der Waals surface area contributed by atoms with Crippen molar-refractivity contribution in [2.75, 3.05) is 37.9 Å². The monoisotopic (exact) mass is 366 g/mol. The van der Waals surface area contributed by atoms with Gasteiger partial charge in [0.1, 0.15) is 0 Å². The minimum absolute atomic E-state index is 0.0519. The van der Waals surface area contributed by atoms with Gasteiger partial charge in [-0.1, -0.05) is 32.9 Å².